The lowest BCUT2D eigenvalue weighted by molar-refractivity contribution is -0.401. The van der Waals surface area contributed by atoms with Crippen LogP contribution in [0.5, 0.6) is 0 Å². The zero-order valence-electron chi connectivity index (χ0n) is 22.0. The number of nitrogens with zero attached hydrogens (tertiary/aromatic N) is 2. The number of allylic oxidation sites excluding steroid dienone is 8. The van der Waals surface area contributed by atoms with E-state index in [4.69, 9.17) is 0 Å². The molecule has 0 aromatic heterocycles. The standard InChI is InChI=1S/C30H34N2O3S/c1-21-15-17-25-23(19-21)29(2,3)27(31(25)6)13-11-9-8-10-12-14-28-30(4,5)24-20-22(36(33,34)35)16-18-26(24)32(28)7/h8-20H,1-7H3. The highest BCUT2D eigenvalue weighted by atomic mass is 32.2. The van der Waals surface area contributed by atoms with Crippen LogP contribution in [0.2, 0.25) is 0 Å². The number of rotatable bonds is 5. The quantitative estimate of drug-likeness (QED) is 0.291. The van der Waals surface area contributed by atoms with Crippen LogP contribution < -0.4 is 4.90 Å². The second kappa shape index (κ2) is 9.02. The molecule has 2 aliphatic heterocycles. The maximum Gasteiger partial charge on any atom is 0.209 e. The fraction of sp³-hybridized carbons (Fsp3) is 0.300. The molecule has 0 atom stereocenters. The van der Waals surface area contributed by atoms with E-state index >= 15 is 0 Å². The van der Waals surface area contributed by atoms with E-state index in [-0.39, 0.29) is 10.3 Å². The van der Waals surface area contributed by atoms with Gasteiger partial charge < -0.3 is 9.45 Å². The normalized spacial score (nSPS) is 19.9. The fourth-order valence-corrected chi connectivity index (χ4v) is 5.90. The summed E-state index contributed by atoms with van der Waals surface area (Å²) >= 11 is 0. The Morgan fingerprint density at radius 2 is 1.56 bits per heavy atom. The van der Waals surface area contributed by atoms with Crippen molar-refractivity contribution in [3.8, 4) is 0 Å². The van der Waals surface area contributed by atoms with Crippen LogP contribution in [-0.4, -0.2) is 37.4 Å². The van der Waals surface area contributed by atoms with Gasteiger partial charge in [0.1, 0.15) is 17.2 Å². The molecule has 0 saturated heterocycles. The summed E-state index contributed by atoms with van der Waals surface area (Å²) < 4.78 is 36.5. The van der Waals surface area contributed by atoms with Gasteiger partial charge in [-0.05, 0) is 50.6 Å². The van der Waals surface area contributed by atoms with Crippen LogP contribution >= 0.6 is 0 Å². The van der Waals surface area contributed by atoms with Crippen molar-refractivity contribution in [1.82, 2.24) is 0 Å². The highest BCUT2D eigenvalue weighted by molar-refractivity contribution is 7.85. The molecule has 2 aromatic carbocycles. The van der Waals surface area contributed by atoms with Gasteiger partial charge in [-0.1, -0.05) is 61.9 Å². The van der Waals surface area contributed by atoms with E-state index < -0.39 is 15.5 Å². The predicted molar refractivity (Wildman–Crippen MR) is 146 cm³/mol. The van der Waals surface area contributed by atoms with E-state index in [1.807, 2.05) is 55.9 Å². The maximum absolute atomic E-state index is 11.5. The Morgan fingerprint density at radius 3 is 2.25 bits per heavy atom. The highest BCUT2D eigenvalue weighted by Gasteiger charge is 2.43. The van der Waals surface area contributed by atoms with Gasteiger partial charge in [-0.2, -0.15) is 4.58 Å². The summed E-state index contributed by atoms with van der Waals surface area (Å²) in [6.45, 7) is 10.7. The third-order valence-corrected chi connectivity index (χ3v) is 8.27. The number of hydrogen-bond acceptors (Lipinski definition) is 4. The SMILES string of the molecule is Cc1ccc2c(c1)C(C)(C)\C(=C/C=C/C=C/C=C/C1=[N+](C)c3ccc(S(=O)(=O)[O-])cc3C1(C)C)N2C. The molecule has 0 aliphatic carbocycles. The first-order chi connectivity index (χ1) is 16.8. The van der Waals surface area contributed by atoms with E-state index in [0.29, 0.717) is 0 Å². The third-order valence-electron chi connectivity index (χ3n) is 7.43. The molecule has 0 bridgehead atoms. The van der Waals surface area contributed by atoms with Crippen LogP contribution in [-0.2, 0) is 20.9 Å². The van der Waals surface area contributed by atoms with E-state index in [1.165, 1.54) is 34.6 Å². The summed E-state index contributed by atoms with van der Waals surface area (Å²) in [6, 6.07) is 11.2. The molecule has 2 aliphatic rings. The molecule has 0 spiro atoms. The molecule has 36 heavy (non-hydrogen) atoms. The summed E-state index contributed by atoms with van der Waals surface area (Å²) in [4.78, 5) is 2.07. The third kappa shape index (κ3) is 4.40. The van der Waals surface area contributed by atoms with Crippen LogP contribution in [0.1, 0.15) is 44.4 Å². The van der Waals surface area contributed by atoms with Crippen LogP contribution in [0.25, 0.3) is 0 Å². The van der Waals surface area contributed by atoms with Gasteiger partial charge in [0.05, 0.1) is 10.3 Å². The first-order valence-electron chi connectivity index (χ1n) is 12.0. The summed E-state index contributed by atoms with van der Waals surface area (Å²) in [6.07, 6.45) is 14.2. The Kier molecular flexibility index (Phi) is 6.48. The molecule has 0 saturated carbocycles. The van der Waals surface area contributed by atoms with Gasteiger partial charge >= 0.3 is 0 Å². The molecular formula is C30H34N2O3S. The van der Waals surface area contributed by atoms with Gasteiger partial charge in [0.25, 0.3) is 0 Å². The predicted octanol–water partition coefficient (Wildman–Crippen LogP) is 5.89. The Bertz CT molecular complexity index is 1490. The molecule has 0 N–H and O–H groups in total. The van der Waals surface area contributed by atoms with Gasteiger partial charge in [-0.25, -0.2) is 8.42 Å². The van der Waals surface area contributed by atoms with Gasteiger partial charge in [0.2, 0.25) is 5.69 Å². The average Bonchev–Trinajstić information content (AvgIpc) is 3.10. The molecule has 2 aromatic rings. The van der Waals surface area contributed by atoms with E-state index in [0.717, 1.165) is 17.0 Å². The number of fused-ring (bicyclic) bond motifs is 2. The number of likely N-dealkylation sites (N-methyl/N-ethyl adjacent to an activating group) is 1. The first-order valence-corrected chi connectivity index (χ1v) is 13.5. The minimum absolute atomic E-state index is 0.0559. The minimum Gasteiger partial charge on any atom is -0.744 e. The molecule has 188 valence electrons. The van der Waals surface area contributed by atoms with Crippen molar-refractivity contribution < 1.29 is 17.5 Å². The van der Waals surface area contributed by atoms with Crippen molar-refractivity contribution in [3.05, 3.63) is 101 Å². The van der Waals surface area contributed by atoms with Crippen molar-refractivity contribution in [2.75, 3.05) is 19.0 Å². The first kappa shape index (κ1) is 25.9. The van der Waals surface area contributed by atoms with E-state index in [2.05, 4.69) is 63.1 Å². The molecule has 0 amide bonds. The van der Waals surface area contributed by atoms with Crippen molar-refractivity contribution in [2.24, 2.45) is 0 Å². The molecule has 4 rings (SSSR count). The number of aryl methyl sites for hydroxylation is 1. The molecule has 0 unspecified atom stereocenters. The van der Waals surface area contributed by atoms with Crippen molar-refractivity contribution >= 4 is 27.2 Å². The van der Waals surface area contributed by atoms with Gasteiger partial charge in [-0.3, -0.25) is 0 Å². The topological polar surface area (TPSA) is 63.4 Å². The number of benzene rings is 2. The zero-order valence-corrected chi connectivity index (χ0v) is 22.8. The maximum atomic E-state index is 11.5. The average molecular weight is 503 g/mol. The Balaban J connectivity index is 1.49. The fourth-order valence-electron chi connectivity index (χ4n) is 5.41. The Morgan fingerprint density at radius 1 is 0.889 bits per heavy atom. The van der Waals surface area contributed by atoms with Crippen LogP contribution in [0.3, 0.4) is 0 Å². The second-order valence-electron chi connectivity index (χ2n) is 10.6. The number of hydrogen-bond donors (Lipinski definition) is 0. The molecular weight excluding hydrogens is 468 g/mol. The van der Waals surface area contributed by atoms with Gasteiger partial charge in [0, 0.05) is 41.6 Å². The van der Waals surface area contributed by atoms with Crippen LogP contribution in [0.15, 0.2) is 89.5 Å². The minimum atomic E-state index is -4.50. The molecule has 2 heterocycles. The summed E-state index contributed by atoms with van der Waals surface area (Å²) in [5, 5.41) is 0. The van der Waals surface area contributed by atoms with Crippen molar-refractivity contribution in [2.45, 2.75) is 50.3 Å². The summed E-state index contributed by atoms with van der Waals surface area (Å²) in [5.41, 5.74) is 7.41. The van der Waals surface area contributed by atoms with Crippen molar-refractivity contribution in [1.29, 1.82) is 0 Å². The monoisotopic (exact) mass is 502 g/mol. The van der Waals surface area contributed by atoms with E-state index in [9.17, 15) is 13.0 Å². The Labute approximate surface area is 215 Å². The molecule has 6 heteroatoms. The summed E-state index contributed by atoms with van der Waals surface area (Å²) in [5.74, 6) is 0. The number of anilines is 1. The van der Waals surface area contributed by atoms with Crippen LogP contribution in [0.4, 0.5) is 11.4 Å². The largest absolute Gasteiger partial charge is 0.744 e. The molecule has 5 nitrogen and oxygen atoms in total. The van der Waals surface area contributed by atoms with Crippen molar-refractivity contribution in [3.63, 3.8) is 0 Å². The lowest BCUT2D eigenvalue weighted by Crippen LogP contribution is -2.26. The lowest BCUT2D eigenvalue weighted by Gasteiger charge is -2.23. The zero-order chi connectivity index (χ0) is 26.5. The smallest absolute Gasteiger partial charge is 0.209 e. The Hall–Kier alpha value is -3.22. The molecule has 0 radical (unpaired) electrons. The second-order valence-corrected chi connectivity index (χ2v) is 12.0. The molecule has 0 fully saturated rings. The van der Waals surface area contributed by atoms with Crippen LogP contribution in [0, 0.1) is 6.92 Å². The van der Waals surface area contributed by atoms with Gasteiger partial charge in [-0.15, -0.1) is 0 Å². The highest BCUT2D eigenvalue weighted by Crippen LogP contribution is 2.47. The summed E-state index contributed by atoms with van der Waals surface area (Å²) in [7, 11) is -0.427. The van der Waals surface area contributed by atoms with Gasteiger partial charge in [0.15, 0.2) is 5.71 Å². The lowest BCUT2D eigenvalue weighted by atomic mass is 9.81. The van der Waals surface area contributed by atoms with E-state index in [1.54, 1.807) is 6.07 Å².